The van der Waals surface area contributed by atoms with Crippen LogP contribution >= 0.6 is 35.0 Å². The lowest BCUT2D eigenvalue weighted by Crippen LogP contribution is -1.87. The minimum atomic E-state index is -0.386. The fourth-order valence-electron chi connectivity index (χ4n) is 1.40. The predicted octanol–water partition coefficient (Wildman–Crippen LogP) is 4.78. The lowest BCUT2D eigenvalue weighted by molar-refractivity contribution is 0.281. The first-order chi connectivity index (χ1) is 8.60. The number of aliphatic hydroxyl groups excluding tert-OH is 1. The third-order valence-electron chi connectivity index (χ3n) is 2.29. The SMILES string of the molecule is OCc1ccc(Sc2cc(Cl)ccc2Cl)c(F)c1. The molecule has 0 atom stereocenters. The highest BCUT2D eigenvalue weighted by Gasteiger charge is 2.08. The van der Waals surface area contributed by atoms with Crippen LogP contribution in [0.25, 0.3) is 0 Å². The van der Waals surface area contributed by atoms with Crippen molar-refractivity contribution >= 4 is 35.0 Å². The summed E-state index contributed by atoms with van der Waals surface area (Å²) in [6.45, 7) is -0.181. The van der Waals surface area contributed by atoms with Crippen LogP contribution in [0.1, 0.15) is 5.56 Å². The molecule has 0 heterocycles. The van der Waals surface area contributed by atoms with E-state index >= 15 is 0 Å². The van der Waals surface area contributed by atoms with Gasteiger partial charge in [-0.3, -0.25) is 0 Å². The first-order valence-corrected chi connectivity index (χ1v) is 6.69. The van der Waals surface area contributed by atoms with Gasteiger partial charge in [-0.05, 0) is 35.9 Å². The normalized spacial score (nSPS) is 10.7. The number of benzene rings is 2. The largest absolute Gasteiger partial charge is 0.392 e. The van der Waals surface area contributed by atoms with Gasteiger partial charge in [-0.15, -0.1) is 0 Å². The summed E-state index contributed by atoms with van der Waals surface area (Å²) in [7, 11) is 0. The van der Waals surface area contributed by atoms with E-state index in [1.165, 1.54) is 17.8 Å². The molecule has 5 heteroatoms. The highest BCUT2D eigenvalue weighted by Crippen LogP contribution is 2.36. The Bertz CT molecular complexity index is 575. The molecule has 2 aromatic rings. The van der Waals surface area contributed by atoms with E-state index in [1.54, 1.807) is 30.3 Å². The zero-order chi connectivity index (χ0) is 13.1. The molecule has 0 aliphatic carbocycles. The van der Waals surface area contributed by atoms with E-state index in [0.717, 1.165) is 0 Å². The molecule has 0 aliphatic rings. The Kier molecular flexibility index (Phi) is 4.51. The molecule has 1 nitrogen and oxygen atoms in total. The monoisotopic (exact) mass is 302 g/mol. The minimum absolute atomic E-state index is 0.181. The first kappa shape index (κ1) is 13.7. The maximum absolute atomic E-state index is 13.7. The van der Waals surface area contributed by atoms with Crippen molar-refractivity contribution in [2.75, 3.05) is 0 Å². The van der Waals surface area contributed by atoms with Crippen molar-refractivity contribution in [2.24, 2.45) is 0 Å². The van der Waals surface area contributed by atoms with Crippen LogP contribution < -0.4 is 0 Å². The Balaban J connectivity index is 2.31. The number of aliphatic hydroxyl groups is 1. The molecule has 1 N–H and O–H groups in total. The topological polar surface area (TPSA) is 20.2 Å². The van der Waals surface area contributed by atoms with Gasteiger partial charge in [0, 0.05) is 14.8 Å². The molecule has 0 saturated carbocycles. The van der Waals surface area contributed by atoms with E-state index in [-0.39, 0.29) is 12.4 Å². The molecule has 0 amide bonds. The van der Waals surface area contributed by atoms with Gasteiger partial charge in [0.1, 0.15) is 5.82 Å². The van der Waals surface area contributed by atoms with Crippen molar-refractivity contribution in [3.8, 4) is 0 Å². The maximum atomic E-state index is 13.7. The van der Waals surface area contributed by atoms with Crippen molar-refractivity contribution < 1.29 is 9.50 Å². The van der Waals surface area contributed by atoms with Crippen molar-refractivity contribution in [2.45, 2.75) is 16.4 Å². The Morgan fingerprint density at radius 1 is 1.06 bits per heavy atom. The van der Waals surface area contributed by atoms with Crippen LogP contribution in [0.15, 0.2) is 46.2 Å². The van der Waals surface area contributed by atoms with Crippen LogP contribution in [0.2, 0.25) is 10.0 Å². The molecule has 0 aliphatic heterocycles. The van der Waals surface area contributed by atoms with Gasteiger partial charge in [0.15, 0.2) is 0 Å². The summed E-state index contributed by atoms with van der Waals surface area (Å²) in [5.74, 6) is -0.386. The first-order valence-electron chi connectivity index (χ1n) is 5.12. The Morgan fingerprint density at radius 2 is 1.83 bits per heavy atom. The summed E-state index contributed by atoms with van der Waals surface area (Å²) in [5.41, 5.74) is 0.536. The van der Waals surface area contributed by atoms with Gasteiger partial charge in [0.25, 0.3) is 0 Å². The Morgan fingerprint density at radius 3 is 2.50 bits per heavy atom. The van der Waals surface area contributed by atoms with E-state index in [2.05, 4.69) is 0 Å². The van der Waals surface area contributed by atoms with Crippen molar-refractivity contribution in [3.63, 3.8) is 0 Å². The number of halogens is 3. The predicted molar refractivity (Wildman–Crippen MR) is 72.9 cm³/mol. The zero-order valence-electron chi connectivity index (χ0n) is 9.16. The molecule has 2 rings (SSSR count). The van der Waals surface area contributed by atoms with Gasteiger partial charge in [-0.25, -0.2) is 4.39 Å². The van der Waals surface area contributed by atoms with Crippen molar-refractivity contribution in [1.29, 1.82) is 0 Å². The van der Waals surface area contributed by atoms with Crippen LogP contribution in [-0.2, 0) is 6.61 Å². The van der Waals surface area contributed by atoms with E-state index in [4.69, 9.17) is 28.3 Å². The standard InChI is InChI=1S/C13H9Cl2FOS/c14-9-2-3-10(15)13(6-9)18-12-4-1-8(7-17)5-11(12)16/h1-6,17H,7H2. The van der Waals surface area contributed by atoms with Crippen LogP contribution in [0, 0.1) is 5.82 Å². The minimum Gasteiger partial charge on any atom is -0.392 e. The third kappa shape index (κ3) is 3.18. The van der Waals surface area contributed by atoms with Crippen LogP contribution in [0.4, 0.5) is 4.39 Å². The van der Waals surface area contributed by atoms with Crippen molar-refractivity contribution in [3.05, 3.63) is 57.8 Å². The molecule has 0 saturated heterocycles. The average Bonchev–Trinajstić information content (AvgIpc) is 2.36. The third-order valence-corrected chi connectivity index (χ3v) is 4.08. The summed E-state index contributed by atoms with van der Waals surface area (Å²) >= 11 is 13.1. The molecule has 18 heavy (non-hydrogen) atoms. The molecule has 0 radical (unpaired) electrons. The van der Waals surface area contributed by atoms with Gasteiger partial charge in [-0.2, -0.15) is 0 Å². The van der Waals surface area contributed by atoms with Gasteiger partial charge in [0.05, 0.1) is 11.6 Å². The number of hydrogen-bond donors (Lipinski definition) is 1. The van der Waals surface area contributed by atoms with Gasteiger partial charge < -0.3 is 5.11 Å². The molecule has 0 aromatic heterocycles. The fourth-order valence-corrected chi connectivity index (χ4v) is 2.75. The second-order valence-electron chi connectivity index (χ2n) is 3.60. The van der Waals surface area contributed by atoms with E-state index in [0.29, 0.717) is 25.4 Å². The summed E-state index contributed by atoms with van der Waals surface area (Å²) < 4.78 is 13.7. The molecular weight excluding hydrogens is 294 g/mol. The summed E-state index contributed by atoms with van der Waals surface area (Å²) in [6.07, 6.45) is 0. The molecular formula is C13H9Cl2FOS. The molecule has 2 aromatic carbocycles. The molecule has 0 spiro atoms. The van der Waals surface area contributed by atoms with Crippen LogP contribution in [0.3, 0.4) is 0 Å². The van der Waals surface area contributed by atoms with Crippen LogP contribution in [0.5, 0.6) is 0 Å². The highest BCUT2D eigenvalue weighted by atomic mass is 35.5. The fraction of sp³-hybridized carbons (Fsp3) is 0.0769. The van der Waals surface area contributed by atoms with Crippen LogP contribution in [-0.4, -0.2) is 5.11 Å². The highest BCUT2D eigenvalue weighted by molar-refractivity contribution is 7.99. The van der Waals surface area contributed by atoms with E-state index in [9.17, 15) is 4.39 Å². The summed E-state index contributed by atoms with van der Waals surface area (Å²) in [6, 6.07) is 9.63. The Labute approximate surface area is 119 Å². The maximum Gasteiger partial charge on any atom is 0.137 e. The van der Waals surface area contributed by atoms with E-state index < -0.39 is 0 Å². The molecule has 0 fully saturated rings. The average molecular weight is 303 g/mol. The lowest BCUT2D eigenvalue weighted by Gasteiger charge is -2.07. The quantitative estimate of drug-likeness (QED) is 0.881. The number of rotatable bonds is 3. The zero-order valence-corrected chi connectivity index (χ0v) is 11.5. The summed E-state index contributed by atoms with van der Waals surface area (Å²) in [4.78, 5) is 1.14. The van der Waals surface area contributed by atoms with Crippen molar-refractivity contribution in [1.82, 2.24) is 0 Å². The summed E-state index contributed by atoms with van der Waals surface area (Å²) in [5, 5.41) is 9.98. The van der Waals surface area contributed by atoms with E-state index in [1.807, 2.05) is 0 Å². The van der Waals surface area contributed by atoms with Gasteiger partial charge >= 0.3 is 0 Å². The molecule has 94 valence electrons. The molecule has 0 bridgehead atoms. The Hall–Kier alpha value is -0.740. The molecule has 0 unspecified atom stereocenters. The second-order valence-corrected chi connectivity index (χ2v) is 5.53. The lowest BCUT2D eigenvalue weighted by atomic mass is 10.2. The smallest absolute Gasteiger partial charge is 0.137 e. The van der Waals surface area contributed by atoms with Gasteiger partial charge in [0.2, 0.25) is 0 Å². The second kappa shape index (κ2) is 5.93. The van der Waals surface area contributed by atoms with Gasteiger partial charge in [-0.1, -0.05) is 41.0 Å². The number of hydrogen-bond acceptors (Lipinski definition) is 2.